The number of hydrogen-bond acceptors (Lipinski definition) is 4. The van der Waals surface area contributed by atoms with E-state index in [1.54, 1.807) is 13.2 Å². The van der Waals surface area contributed by atoms with Gasteiger partial charge >= 0.3 is 0 Å². The minimum absolute atomic E-state index is 0.139. The Hall–Kier alpha value is -1.26. The van der Waals surface area contributed by atoms with Crippen molar-refractivity contribution in [1.29, 1.82) is 0 Å². The highest BCUT2D eigenvalue weighted by Gasteiger charge is 2.21. The summed E-state index contributed by atoms with van der Waals surface area (Å²) < 4.78 is 5.10. The lowest BCUT2D eigenvalue weighted by molar-refractivity contribution is 0.292. The van der Waals surface area contributed by atoms with Crippen LogP contribution < -0.4 is 10.1 Å². The summed E-state index contributed by atoms with van der Waals surface area (Å²) in [5.74, 6) is 0.975. The van der Waals surface area contributed by atoms with Crippen molar-refractivity contribution in [3.8, 4) is 11.5 Å². The van der Waals surface area contributed by atoms with Gasteiger partial charge < -0.3 is 20.1 Å². The Morgan fingerprint density at radius 1 is 1.53 bits per heavy atom. The number of nitrogens with zero attached hydrogens (tertiary/aromatic N) is 1. The van der Waals surface area contributed by atoms with Gasteiger partial charge in [0.15, 0.2) is 0 Å². The monoisotopic (exact) mass is 264 g/mol. The molecule has 2 rings (SSSR count). The highest BCUT2D eigenvalue weighted by molar-refractivity contribution is 5.41. The second kappa shape index (κ2) is 6.26. The zero-order chi connectivity index (χ0) is 13.8. The summed E-state index contributed by atoms with van der Waals surface area (Å²) in [5, 5.41) is 13.5. The van der Waals surface area contributed by atoms with Gasteiger partial charge in [0.05, 0.1) is 7.11 Å². The standard InChI is InChI=1S/C15H24N2O2/c1-11(16-10-12-5-4-8-17(12)2)14-7-6-13(19-3)9-15(14)18/h6-7,9,11-12,16,18H,4-5,8,10H2,1-3H3. The van der Waals surface area contributed by atoms with Crippen LogP contribution in [0.1, 0.15) is 31.4 Å². The summed E-state index contributed by atoms with van der Waals surface area (Å²) in [4.78, 5) is 2.40. The SMILES string of the molecule is COc1ccc(C(C)NCC2CCCN2C)c(O)c1. The van der Waals surface area contributed by atoms with Gasteiger partial charge in [0.1, 0.15) is 11.5 Å². The van der Waals surface area contributed by atoms with Crippen LogP contribution in [0.2, 0.25) is 0 Å². The first kappa shape index (κ1) is 14.2. The molecule has 2 unspecified atom stereocenters. The maximum absolute atomic E-state index is 10.0. The van der Waals surface area contributed by atoms with E-state index in [4.69, 9.17) is 4.74 Å². The van der Waals surface area contributed by atoms with Crippen LogP contribution in [0.4, 0.5) is 0 Å². The average molecular weight is 264 g/mol. The van der Waals surface area contributed by atoms with Crippen molar-refractivity contribution in [3.63, 3.8) is 0 Å². The van der Waals surface area contributed by atoms with Crippen LogP contribution in [0.3, 0.4) is 0 Å². The minimum atomic E-state index is 0.139. The van der Waals surface area contributed by atoms with Crippen LogP contribution in [-0.4, -0.2) is 43.3 Å². The van der Waals surface area contributed by atoms with E-state index in [2.05, 4.69) is 24.2 Å². The van der Waals surface area contributed by atoms with Crippen molar-refractivity contribution < 1.29 is 9.84 Å². The number of hydrogen-bond donors (Lipinski definition) is 2. The van der Waals surface area contributed by atoms with Crippen molar-refractivity contribution in [2.75, 3.05) is 27.2 Å². The first-order valence-electron chi connectivity index (χ1n) is 6.92. The molecule has 0 aliphatic carbocycles. The molecule has 0 amide bonds. The van der Waals surface area contributed by atoms with Crippen molar-refractivity contribution in [1.82, 2.24) is 10.2 Å². The molecule has 1 aliphatic heterocycles. The van der Waals surface area contributed by atoms with Crippen LogP contribution in [0, 0.1) is 0 Å². The molecular formula is C15H24N2O2. The molecule has 4 heteroatoms. The average Bonchev–Trinajstić information content (AvgIpc) is 2.81. The number of methoxy groups -OCH3 is 1. The fourth-order valence-electron chi connectivity index (χ4n) is 2.68. The largest absolute Gasteiger partial charge is 0.507 e. The van der Waals surface area contributed by atoms with E-state index in [1.165, 1.54) is 19.4 Å². The van der Waals surface area contributed by atoms with Gasteiger partial charge in [-0.15, -0.1) is 0 Å². The molecule has 2 N–H and O–H groups in total. The molecule has 0 saturated carbocycles. The number of aromatic hydroxyl groups is 1. The summed E-state index contributed by atoms with van der Waals surface area (Å²) in [5.41, 5.74) is 0.918. The fourth-order valence-corrected chi connectivity index (χ4v) is 2.68. The van der Waals surface area contributed by atoms with E-state index in [0.29, 0.717) is 17.5 Å². The number of ether oxygens (including phenoxy) is 1. The molecule has 1 fully saturated rings. The summed E-state index contributed by atoms with van der Waals surface area (Å²) in [7, 11) is 3.78. The molecule has 2 atom stereocenters. The van der Waals surface area contributed by atoms with Gasteiger partial charge in [-0.05, 0) is 39.4 Å². The Kier molecular flexibility index (Phi) is 4.66. The molecule has 1 saturated heterocycles. The van der Waals surface area contributed by atoms with Gasteiger partial charge in [-0.1, -0.05) is 6.07 Å². The third kappa shape index (κ3) is 3.39. The van der Waals surface area contributed by atoms with Crippen LogP contribution >= 0.6 is 0 Å². The number of phenolic OH excluding ortho intramolecular Hbond substituents is 1. The van der Waals surface area contributed by atoms with Crippen molar-refractivity contribution in [2.45, 2.75) is 31.8 Å². The van der Waals surface area contributed by atoms with Gasteiger partial charge in [-0.25, -0.2) is 0 Å². The first-order chi connectivity index (χ1) is 9.11. The molecule has 1 heterocycles. The molecule has 1 aliphatic rings. The van der Waals surface area contributed by atoms with Gasteiger partial charge in [0.2, 0.25) is 0 Å². The lowest BCUT2D eigenvalue weighted by Gasteiger charge is -2.23. The third-order valence-corrected chi connectivity index (χ3v) is 4.04. The van der Waals surface area contributed by atoms with Gasteiger partial charge in [-0.2, -0.15) is 0 Å². The quantitative estimate of drug-likeness (QED) is 0.855. The summed E-state index contributed by atoms with van der Waals surface area (Å²) in [6, 6.07) is 6.22. The smallest absolute Gasteiger partial charge is 0.124 e. The molecule has 1 aromatic rings. The second-order valence-electron chi connectivity index (χ2n) is 5.33. The number of rotatable bonds is 5. The Bertz CT molecular complexity index is 423. The molecular weight excluding hydrogens is 240 g/mol. The lowest BCUT2D eigenvalue weighted by Crippen LogP contribution is -2.36. The number of likely N-dealkylation sites (N-methyl/N-ethyl adjacent to an activating group) is 1. The van der Waals surface area contributed by atoms with Gasteiger partial charge in [-0.3, -0.25) is 0 Å². The molecule has 106 valence electrons. The van der Waals surface area contributed by atoms with E-state index >= 15 is 0 Å². The second-order valence-corrected chi connectivity index (χ2v) is 5.33. The Labute approximate surface area is 115 Å². The maximum Gasteiger partial charge on any atom is 0.124 e. The minimum Gasteiger partial charge on any atom is -0.507 e. The predicted molar refractivity (Wildman–Crippen MR) is 76.7 cm³/mol. The van der Waals surface area contributed by atoms with Crippen LogP contribution in [-0.2, 0) is 0 Å². The van der Waals surface area contributed by atoms with E-state index in [-0.39, 0.29) is 6.04 Å². The van der Waals surface area contributed by atoms with Gasteiger partial charge in [0.25, 0.3) is 0 Å². The Balaban J connectivity index is 1.94. The van der Waals surface area contributed by atoms with Crippen molar-refractivity contribution >= 4 is 0 Å². The first-order valence-corrected chi connectivity index (χ1v) is 6.92. The number of benzene rings is 1. The van der Waals surface area contributed by atoms with Crippen molar-refractivity contribution in [3.05, 3.63) is 23.8 Å². The van der Waals surface area contributed by atoms with Crippen LogP contribution in [0.25, 0.3) is 0 Å². The van der Waals surface area contributed by atoms with Crippen LogP contribution in [0.5, 0.6) is 11.5 Å². The third-order valence-electron chi connectivity index (χ3n) is 4.04. The Morgan fingerprint density at radius 2 is 2.32 bits per heavy atom. The molecule has 0 aromatic heterocycles. The normalized spacial score (nSPS) is 21.5. The fraction of sp³-hybridized carbons (Fsp3) is 0.600. The zero-order valence-electron chi connectivity index (χ0n) is 12.0. The molecule has 0 bridgehead atoms. The highest BCUT2D eigenvalue weighted by atomic mass is 16.5. The number of nitrogens with one attached hydrogen (secondary N) is 1. The number of likely N-dealkylation sites (tertiary alicyclic amines) is 1. The van der Waals surface area contributed by atoms with E-state index in [0.717, 1.165) is 12.1 Å². The van der Waals surface area contributed by atoms with Gasteiger partial charge in [0, 0.05) is 30.3 Å². The highest BCUT2D eigenvalue weighted by Crippen LogP contribution is 2.28. The molecule has 1 aromatic carbocycles. The lowest BCUT2D eigenvalue weighted by atomic mass is 10.1. The molecule has 0 radical (unpaired) electrons. The summed E-state index contributed by atoms with van der Waals surface area (Å²) >= 11 is 0. The van der Waals surface area contributed by atoms with E-state index < -0.39 is 0 Å². The summed E-state index contributed by atoms with van der Waals surface area (Å²) in [6.07, 6.45) is 2.54. The molecule has 19 heavy (non-hydrogen) atoms. The topological polar surface area (TPSA) is 44.7 Å². The molecule has 4 nitrogen and oxygen atoms in total. The van der Waals surface area contributed by atoms with Crippen molar-refractivity contribution in [2.24, 2.45) is 0 Å². The zero-order valence-corrected chi connectivity index (χ0v) is 12.0. The maximum atomic E-state index is 10.0. The van der Waals surface area contributed by atoms with E-state index in [9.17, 15) is 5.11 Å². The van der Waals surface area contributed by atoms with Crippen LogP contribution in [0.15, 0.2) is 18.2 Å². The molecule has 0 spiro atoms. The van der Waals surface area contributed by atoms with E-state index in [1.807, 2.05) is 12.1 Å². The number of phenols is 1. The Morgan fingerprint density at radius 3 is 2.89 bits per heavy atom. The predicted octanol–water partition coefficient (Wildman–Crippen LogP) is 2.15. The summed E-state index contributed by atoms with van der Waals surface area (Å²) in [6.45, 7) is 4.23.